The topological polar surface area (TPSA) is 57.5 Å². The first-order valence-electron chi connectivity index (χ1n) is 8.14. The summed E-state index contributed by atoms with van der Waals surface area (Å²) in [6.45, 7) is 3.86. The number of hydrogen-bond acceptors (Lipinski definition) is 3. The van der Waals surface area contributed by atoms with Gasteiger partial charge in [0.05, 0.1) is 5.44 Å². The maximum Gasteiger partial charge on any atom is 0.316 e. The lowest BCUT2D eigenvalue weighted by atomic mass is 10.1. The third kappa shape index (κ3) is 12.8. The van der Waals surface area contributed by atoms with E-state index in [9.17, 15) is 9.90 Å². The summed E-state index contributed by atoms with van der Waals surface area (Å²) in [6, 6.07) is 0. The molecule has 20 heavy (non-hydrogen) atoms. The molecular weight excluding hydrogens is 272 g/mol. The molecule has 0 aliphatic rings. The summed E-state index contributed by atoms with van der Waals surface area (Å²) < 4.78 is 0. The molecule has 2 atom stereocenters. The van der Waals surface area contributed by atoms with Crippen LogP contribution in [0.2, 0.25) is 0 Å². The van der Waals surface area contributed by atoms with Gasteiger partial charge in [-0.3, -0.25) is 4.79 Å². The first-order valence-corrected chi connectivity index (χ1v) is 9.08. The molecule has 0 radical (unpaired) electrons. The monoisotopic (exact) mass is 304 g/mol. The van der Waals surface area contributed by atoms with Crippen LogP contribution in [-0.4, -0.2) is 26.9 Å². The number of carboxylic acid groups (broad SMARTS) is 1. The van der Waals surface area contributed by atoms with Crippen LogP contribution in [0.3, 0.4) is 0 Å². The maximum atomic E-state index is 11.0. The van der Waals surface area contributed by atoms with E-state index in [1.165, 1.54) is 51.4 Å². The molecule has 0 aromatic heterocycles. The van der Waals surface area contributed by atoms with E-state index in [1.54, 1.807) is 6.92 Å². The number of thioether (sulfide) groups is 1. The van der Waals surface area contributed by atoms with Crippen molar-refractivity contribution in [2.45, 2.75) is 95.2 Å². The summed E-state index contributed by atoms with van der Waals surface area (Å²) in [7, 11) is 0. The van der Waals surface area contributed by atoms with Gasteiger partial charge in [0, 0.05) is 0 Å². The van der Waals surface area contributed by atoms with Crippen molar-refractivity contribution in [2.75, 3.05) is 0 Å². The van der Waals surface area contributed by atoms with Gasteiger partial charge in [0.25, 0.3) is 0 Å². The van der Waals surface area contributed by atoms with E-state index in [1.807, 2.05) is 0 Å². The Balaban J connectivity index is 3.39. The van der Waals surface area contributed by atoms with E-state index in [2.05, 4.69) is 6.92 Å². The summed E-state index contributed by atoms with van der Waals surface area (Å²) in [4.78, 5) is 11.0. The van der Waals surface area contributed by atoms with Gasteiger partial charge in [-0.25, -0.2) is 0 Å². The van der Waals surface area contributed by atoms with Crippen LogP contribution in [0.4, 0.5) is 0 Å². The molecule has 0 rings (SSSR count). The number of aliphatic hydroxyl groups is 1. The average Bonchev–Trinajstić information content (AvgIpc) is 2.39. The second-order valence-corrected chi connectivity index (χ2v) is 7.06. The van der Waals surface area contributed by atoms with E-state index in [-0.39, 0.29) is 0 Å². The Morgan fingerprint density at radius 1 is 0.950 bits per heavy atom. The molecule has 3 nitrogen and oxygen atoms in total. The lowest BCUT2D eigenvalue weighted by molar-refractivity contribution is -0.136. The van der Waals surface area contributed by atoms with Crippen LogP contribution >= 0.6 is 11.8 Å². The predicted octanol–water partition coefficient (Wildman–Crippen LogP) is 4.82. The Kier molecular flexibility index (Phi) is 13.6. The highest BCUT2D eigenvalue weighted by molar-refractivity contribution is 8.01. The molecule has 0 heterocycles. The number of carbonyl (C=O) groups is 1. The zero-order valence-corrected chi connectivity index (χ0v) is 14.0. The predicted molar refractivity (Wildman–Crippen MR) is 87.2 cm³/mol. The zero-order chi connectivity index (χ0) is 15.2. The quantitative estimate of drug-likeness (QED) is 0.357. The van der Waals surface area contributed by atoms with Crippen LogP contribution < -0.4 is 0 Å². The highest BCUT2D eigenvalue weighted by Gasteiger charge is 2.19. The molecule has 0 bridgehead atoms. The molecule has 120 valence electrons. The minimum absolute atomic E-state index is 0.455. The minimum Gasteiger partial charge on any atom is -0.480 e. The number of aliphatic hydroxyl groups excluding tert-OH is 1. The van der Waals surface area contributed by atoms with E-state index in [4.69, 9.17) is 5.11 Å². The van der Waals surface area contributed by atoms with E-state index >= 15 is 0 Å². The SMILES string of the molecule is CCCCCCCCCCCCC(SC(C)O)C(=O)O. The number of rotatable bonds is 14. The zero-order valence-electron chi connectivity index (χ0n) is 13.1. The standard InChI is InChI=1S/C16H32O3S/c1-3-4-5-6-7-8-9-10-11-12-13-15(16(18)19)20-14(2)17/h14-15,17H,3-13H2,1-2H3,(H,18,19). The van der Waals surface area contributed by atoms with Crippen LogP contribution in [-0.2, 0) is 4.79 Å². The van der Waals surface area contributed by atoms with Gasteiger partial charge in [-0.2, -0.15) is 0 Å². The summed E-state index contributed by atoms with van der Waals surface area (Å²) >= 11 is 1.14. The van der Waals surface area contributed by atoms with Crippen LogP contribution in [0, 0.1) is 0 Å². The molecule has 0 aromatic rings. The molecule has 0 aliphatic carbocycles. The van der Waals surface area contributed by atoms with Crippen molar-refractivity contribution in [1.29, 1.82) is 0 Å². The molecule has 2 N–H and O–H groups in total. The number of carboxylic acids is 1. The second kappa shape index (κ2) is 13.7. The highest BCUT2D eigenvalue weighted by Crippen LogP contribution is 2.22. The van der Waals surface area contributed by atoms with Crippen molar-refractivity contribution in [3.63, 3.8) is 0 Å². The van der Waals surface area contributed by atoms with Gasteiger partial charge in [0.1, 0.15) is 5.25 Å². The van der Waals surface area contributed by atoms with Gasteiger partial charge in [0.2, 0.25) is 0 Å². The van der Waals surface area contributed by atoms with Gasteiger partial charge < -0.3 is 10.2 Å². The van der Waals surface area contributed by atoms with Gasteiger partial charge in [0.15, 0.2) is 0 Å². The molecule has 0 amide bonds. The van der Waals surface area contributed by atoms with Gasteiger partial charge in [-0.05, 0) is 13.3 Å². The van der Waals surface area contributed by atoms with Crippen molar-refractivity contribution in [3.8, 4) is 0 Å². The maximum absolute atomic E-state index is 11.0. The number of hydrogen-bond donors (Lipinski definition) is 2. The molecule has 0 saturated heterocycles. The van der Waals surface area contributed by atoms with Gasteiger partial charge in [-0.15, -0.1) is 11.8 Å². The van der Waals surface area contributed by atoms with Gasteiger partial charge >= 0.3 is 5.97 Å². The normalized spacial score (nSPS) is 14.2. The fourth-order valence-electron chi connectivity index (χ4n) is 2.30. The number of unbranched alkanes of at least 4 members (excludes halogenated alkanes) is 9. The smallest absolute Gasteiger partial charge is 0.316 e. The van der Waals surface area contributed by atoms with Crippen molar-refractivity contribution in [1.82, 2.24) is 0 Å². The van der Waals surface area contributed by atoms with Crippen LogP contribution in [0.25, 0.3) is 0 Å². The van der Waals surface area contributed by atoms with Crippen molar-refractivity contribution in [3.05, 3.63) is 0 Å². The van der Waals surface area contributed by atoms with Crippen LogP contribution in [0.1, 0.15) is 84.5 Å². The van der Waals surface area contributed by atoms with E-state index < -0.39 is 16.7 Å². The Bertz CT molecular complexity index is 232. The van der Waals surface area contributed by atoms with Crippen LogP contribution in [0.15, 0.2) is 0 Å². The number of aliphatic carboxylic acids is 1. The minimum atomic E-state index is -0.799. The van der Waals surface area contributed by atoms with E-state index in [0.717, 1.165) is 24.6 Å². The molecule has 0 spiro atoms. The third-order valence-corrected chi connectivity index (χ3v) is 4.62. The van der Waals surface area contributed by atoms with E-state index in [0.29, 0.717) is 6.42 Å². The molecule has 0 aliphatic heterocycles. The largest absolute Gasteiger partial charge is 0.480 e. The molecular formula is C16H32O3S. The Labute approximate surface area is 128 Å². The molecule has 4 heteroatoms. The Morgan fingerprint density at radius 3 is 1.80 bits per heavy atom. The van der Waals surface area contributed by atoms with Crippen LogP contribution in [0.5, 0.6) is 0 Å². The fraction of sp³-hybridized carbons (Fsp3) is 0.938. The summed E-state index contributed by atoms with van der Waals surface area (Å²) in [5.41, 5.74) is -0.598. The highest BCUT2D eigenvalue weighted by atomic mass is 32.2. The molecule has 2 unspecified atom stereocenters. The summed E-state index contributed by atoms with van der Waals surface area (Å²) in [5.74, 6) is -0.799. The third-order valence-electron chi connectivity index (χ3n) is 3.46. The second-order valence-electron chi connectivity index (χ2n) is 5.53. The lowest BCUT2D eigenvalue weighted by Crippen LogP contribution is -2.19. The van der Waals surface area contributed by atoms with Crippen molar-refractivity contribution in [2.24, 2.45) is 0 Å². The Morgan fingerprint density at radius 2 is 1.40 bits per heavy atom. The van der Waals surface area contributed by atoms with Crippen molar-refractivity contribution < 1.29 is 15.0 Å². The first kappa shape index (κ1) is 19.8. The molecule has 0 aromatic carbocycles. The summed E-state index contributed by atoms with van der Waals surface area (Å²) in [5, 5.41) is 17.8. The summed E-state index contributed by atoms with van der Waals surface area (Å²) in [6.07, 6.45) is 13.3. The molecule has 0 fully saturated rings. The average molecular weight is 304 g/mol. The molecule has 0 saturated carbocycles. The lowest BCUT2D eigenvalue weighted by Gasteiger charge is -2.13. The van der Waals surface area contributed by atoms with Gasteiger partial charge in [-0.1, -0.05) is 71.1 Å². The fourth-order valence-corrected chi connectivity index (χ4v) is 3.20. The first-order chi connectivity index (χ1) is 9.57. The van der Waals surface area contributed by atoms with Crippen molar-refractivity contribution >= 4 is 17.7 Å². The Hall–Kier alpha value is -0.220.